The number of benzene rings is 2. The summed E-state index contributed by atoms with van der Waals surface area (Å²) in [6, 6.07) is 12.5. The smallest absolute Gasteiger partial charge is 0.409 e. The van der Waals surface area contributed by atoms with Crippen molar-refractivity contribution in [2.75, 3.05) is 17.1 Å². The van der Waals surface area contributed by atoms with E-state index < -0.39 is 27.4 Å². The summed E-state index contributed by atoms with van der Waals surface area (Å²) >= 11 is 6.35. The number of hydrogen-bond acceptors (Lipinski definition) is 8. The van der Waals surface area contributed by atoms with E-state index in [0.717, 1.165) is 0 Å². The summed E-state index contributed by atoms with van der Waals surface area (Å²) in [6.45, 7) is 8.31. The van der Waals surface area contributed by atoms with Crippen LogP contribution in [0.15, 0.2) is 57.8 Å². The largest absolute Gasteiger partial charge is 0.495 e. The average molecular weight is 564 g/mol. The van der Waals surface area contributed by atoms with E-state index in [-0.39, 0.29) is 21.4 Å². The van der Waals surface area contributed by atoms with Gasteiger partial charge in [0.05, 0.1) is 17.8 Å². The number of aldehydes is 1. The Hall–Kier alpha value is -3.70. The molecular formula is C26H30ClN3O7S. The molecule has 38 heavy (non-hydrogen) atoms. The number of methoxy groups -OCH3 is 1. The van der Waals surface area contributed by atoms with E-state index in [0.29, 0.717) is 29.1 Å². The summed E-state index contributed by atoms with van der Waals surface area (Å²) in [5.41, 5.74) is -1.32. The van der Waals surface area contributed by atoms with Gasteiger partial charge in [-0.15, -0.1) is 0 Å². The quantitative estimate of drug-likeness (QED) is 0.227. The van der Waals surface area contributed by atoms with Gasteiger partial charge in [-0.3, -0.25) is 14.8 Å². The number of carbonyl (C=O) groups is 2. The standard InChI is InChI=1S/C26H30ClN3O7S/c1-16-7-10-21(36-16)17-8-12-23(19(27)13-17)38(33,34)30-20-14-18(9-11-22(20)35-6)28-26(5,15-31)29-24(32)37-25(2,3)4/h7-15,28,30H,1-6H3,(H,29,32)/t26-/m1/s1. The Morgan fingerprint density at radius 1 is 1.05 bits per heavy atom. The van der Waals surface area contributed by atoms with Crippen molar-refractivity contribution in [3.63, 3.8) is 0 Å². The van der Waals surface area contributed by atoms with Gasteiger partial charge in [-0.2, -0.15) is 0 Å². The SMILES string of the molecule is COc1ccc(N[C@@](C)(C=O)NC(=O)OC(C)(C)C)cc1NS(=O)(=O)c1ccc(-c2ccc(C)o2)cc1Cl. The summed E-state index contributed by atoms with van der Waals surface area (Å²) in [7, 11) is -2.77. The van der Waals surface area contributed by atoms with Crippen LogP contribution in [0.5, 0.6) is 5.75 Å². The lowest BCUT2D eigenvalue weighted by Crippen LogP contribution is -2.54. The summed E-state index contributed by atoms with van der Waals surface area (Å²) in [5, 5.41) is 5.33. The third-order valence-electron chi connectivity index (χ3n) is 5.09. The number of alkyl carbamates (subject to hydrolysis) is 1. The molecule has 0 unspecified atom stereocenters. The molecule has 12 heteroatoms. The molecule has 0 bridgehead atoms. The first-order valence-electron chi connectivity index (χ1n) is 11.5. The molecule has 0 saturated heterocycles. The number of aryl methyl sites for hydroxylation is 1. The topological polar surface area (TPSA) is 136 Å². The van der Waals surface area contributed by atoms with Crippen molar-refractivity contribution in [3.05, 3.63) is 59.3 Å². The Morgan fingerprint density at radius 3 is 2.32 bits per heavy atom. The van der Waals surface area contributed by atoms with Crippen LogP contribution in [0.2, 0.25) is 5.02 Å². The summed E-state index contributed by atoms with van der Waals surface area (Å²) in [5.74, 6) is 1.48. The molecule has 0 fully saturated rings. The molecule has 3 aromatic rings. The van der Waals surface area contributed by atoms with Gasteiger partial charge in [0.1, 0.15) is 27.8 Å². The zero-order chi connectivity index (χ0) is 28.3. The van der Waals surface area contributed by atoms with Gasteiger partial charge in [-0.25, -0.2) is 13.2 Å². The van der Waals surface area contributed by atoms with Crippen LogP contribution in [-0.2, 0) is 19.6 Å². The molecule has 0 saturated carbocycles. The van der Waals surface area contributed by atoms with Crippen LogP contribution in [0.4, 0.5) is 16.2 Å². The molecule has 1 heterocycles. The number of halogens is 1. The maximum atomic E-state index is 13.2. The number of nitrogens with one attached hydrogen (secondary N) is 3. The van der Waals surface area contributed by atoms with Crippen molar-refractivity contribution < 1.29 is 31.9 Å². The molecule has 204 valence electrons. The van der Waals surface area contributed by atoms with Gasteiger partial charge in [-0.05, 0) is 83.1 Å². The van der Waals surface area contributed by atoms with Gasteiger partial charge < -0.3 is 19.2 Å². The highest BCUT2D eigenvalue weighted by molar-refractivity contribution is 7.92. The van der Waals surface area contributed by atoms with Crippen LogP contribution in [0, 0.1) is 6.92 Å². The molecule has 0 radical (unpaired) electrons. The number of furan rings is 1. The first kappa shape index (κ1) is 28.9. The predicted octanol–water partition coefficient (Wildman–Crippen LogP) is 5.57. The van der Waals surface area contributed by atoms with Crippen molar-refractivity contribution >= 4 is 45.4 Å². The van der Waals surface area contributed by atoms with Gasteiger partial charge >= 0.3 is 6.09 Å². The molecule has 0 aliphatic carbocycles. The van der Waals surface area contributed by atoms with Gasteiger partial charge in [0.2, 0.25) is 0 Å². The highest BCUT2D eigenvalue weighted by Crippen LogP contribution is 2.34. The fraction of sp³-hybridized carbons (Fsp3) is 0.308. The van der Waals surface area contributed by atoms with Crippen LogP contribution in [-0.4, -0.2) is 39.2 Å². The predicted molar refractivity (Wildman–Crippen MR) is 145 cm³/mol. The van der Waals surface area contributed by atoms with E-state index in [9.17, 15) is 18.0 Å². The second-order valence-corrected chi connectivity index (χ2v) is 11.7. The monoisotopic (exact) mass is 563 g/mol. The van der Waals surface area contributed by atoms with Crippen molar-refractivity contribution in [2.45, 2.75) is 50.8 Å². The Labute approximate surface area is 226 Å². The fourth-order valence-corrected chi connectivity index (χ4v) is 5.04. The molecule has 0 spiro atoms. The molecule has 3 N–H and O–H groups in total. The van der Waals surface area contributed by atoms with Crippen molar-refractivity contribution in [1.82, 2.24) is 5.32 Å². The molecule has 3 rings (SSSR count). The van der Waals surface area contributed by atoms with Crippen molar-refractivity contribution in [1.29, 1.82) is 0 Å². The molecule has 0 aliphatic rings. The normalized spacial score (nSPS) is 13.2. The van der Waals surface area contributed by atoms with Gasteiger partial charge in [0, 0.05) is 11.3 Å². The van der Waals surface area contributed by atoms with Crippen LogP contribution in [0.1, 0.15) is 33.5 Å². The van der Waals surface area contributed by atoms with E-state index in [1.54, 1.807) is 52.0 Å². The number of rotatable bonds is 9. The molecule has 1 atom stereocenters. The minimum Gasteiger partial charge on any atom is -0.495 e. The summed E-state index contributed by atoms with van der Waals surface area (Å²) in [4.78, 5) is 23.9. The highest BCUT2D eigenvalue weighted by Gasteiger charge is 2.29. The summed E-state index contributed by atoms with van der Waals surface area (Å²) < 4.78 is 45.1. The Balaban J connectivity index is 1.87. The molecule has 0 aliphatic heterocycles. The lowest BCUT2D eigenvalue weighted by Gasteiger charge is -2.29. The minimum atomic E-state index is -4.16. The van der Waals surface area contributed by atoms with Crippen molar-refractivity contribution in [2.24, 2.45) is 0 Å². The third kappa shape index (κ3) is 7.20. The van der Waals surface area contributed by atoms with E-state index in [1.807, 2.05) is 0 Å². The molecular weight excluding hydrogens is 534 g/mol. The first-order valence-corrected chi connectivity index (χ1v) is 13.3. The maximum Gasteiger partial charge on any atom is 0.409 e. The third-order valence-corrected chi connectivity index (χ3v) is 6.94. The number of anilines is 2. The molecule has 10 nitrogen and oxygen atoms in total. The Bertz CT molecular complexity index is 1450. The zero-order valence-electron chi connectivity index (χ0n) is 21.8. The number of sulfonamides is 1. The molecule has 2 aromatic carbocycles. The van der Waals surface area contributed by atoms with Crippen molar-refractivity contribution in [3.8, 4) is 17.1 Å². The lowest BCUT2D eigenvalue weighted by molar-refractivity contribution is -0.112. The molecule has 1 aromatic heterocycles. The molecule has 1 amide bonds. The highest BCUT2D eigenvalue weighted by atomic mass is 35.5. The Kier molecular flexibility index (Phi) is 8.33. The van der Waals surface area contributed by atoms with Crippen LogP contribution >= 0.6 is 11.6 Å². The number of ether oxygens (including phenoxy) is 2. The lowest BCUT2D eigenvalue weighted by atomic mass is 10.2. The first-order chi connectivity index (χ1) is 17.6. The second kappa shape index (κ2) is 11.0. The van der Waals surface area contributed by atoms with Crippen LogP contribution in [0.25, 0.3) is 11.3 Å². The average Bonchev–Trinajstić information content (AvgIpc) is 3.23. The van der Waals surface area contributed by atoms with E-state index in [4.69, 9.17) is 25.5 Å². The number of amides is 1. The van der Waals surface area contributed by atoms with E-state index in [2.05, 4.69) is 15.4 Å². The van der Waals surface area contributed by atoms with Gasteiger partial charge in [-0.1, -0.05) is 11.6 Å². The number of carbonyl (C=O) groups excluding carboxylic acids is 2. The van der Waals surface area contributed by atoms with Gasteiger partial charge in [0.25, 0.3) is 10.0 Å². The van der Waals surface area contributed by atoms with E-state index >= 15 is 0 Å². The number of hydrogen-bond donors (Lipinski definition) is 3. The fourth-order valence-electron chi connectivity index (χ4n) is 3.43. The van der Waals surface area contributed by atoms with Gasteiger partial charge in [0.15, 0.2) is 11.9 Å². The maximum absolute atomic E-state index is 13.2. The van der Waals surface area contributed by atoms with Crippen LogP contribution in [0.3, 0.4) is 0 Å². The Morgan fingerprint density at radius 2 is 1.76 bits per heavy atom. The van der Waals surface area contributed by atoms with E-state index in [1.165, 1.54) is 38.3 Å². The minimum absolute atomic E-state index is 0.00705. The summed E-state index contributed by atoms with van der Waals surface area (Å²) in [6.07, 6.45) is -0.316. The van der Waals surface area contributed by atoms with Crippen LogP contribution < -0.4 is 20.1 Å². The second-order valence-electron chi connectivity index (χ2n) is 9.65. The zero-order valence-corrected chi connectivity index (χ0v) is 23.4.